The van der Waals surface area contributed by atoms with E-state index in [1.165, 1.54) is 16.2 Å². The van der Waals surface area contributed by atoms with Crippen molar-refractivity contribution in [1.29, 1.82) is 0 Å². The maximum Gasteiger partial charge on any atom is 0.264 e. The van der Waals surface area contributed by atoms with E-state index >= 15 is 0 Å². The van der Waals surface area contributed by atoms with Gasteiger partial charge in [0.15, 0.2) is 0 Å². The van der Waals surface area contributed by atoms with E-state index in [0.29, 0.717) is 4.88 Å². The lowest BCUT2D eigenvalue weighted by atomic mass is 10.1. The molecule has 0 N–H and O–H groups in total. The van der Waals surface area contributed by atoms with E-state index in [1.807, 2.05) is 42.6 Å². The van der Waals surface area contributed by atoms with Crippen LogP contribution in [0.25, 0.3) is 0 Å². The van der Waals surface area contributed by atoms with E-state index in [0.717, 1.165) is 17.7 Å². The van der Waals surface area contributed by atoms with E-state index in [2.05, 4.69) is 0 Å². The topological polar surface area (TPSA) is 49.9 Å². The van der Waals surface area contributed by atoms with Crippen molar-refractivity contribution < 1.29 is 14.3 Å². The van der Waals surface area contributed by atoms with Gasteiger partial charge in [-0.05, 0) is 42.5 Å². The molecule has 2 rings (SSSR count). The van der Waals surface area contributed by atoms with Gasteiger partial charge >= 0.3 is 0 Å². The van der Waals surface area contributed by atoms with Crippen LogP contribution < -0.4 is 4.74 Å². The van der Waals surface area contributed by atoms with Crippen LogP contribution in [-0.4, -0.2) is 55.4 Å². The van der Waals surface area contributed by atoms with Gasteiger partial charge in [-0.1, -0.05) is 18.2 Å². The van der Waals surface area contributed by atoms with Crippen LogP contribution in [0.3, 0.4) is 0 Å². The smallest absolute Gasteiger partial charge is 0.264 e. The van der Waals surface area contributed by atoms with E-state index in [-0.39, 0.29) is 24.4 Å². The molecule has 2 amide bonds. The van der Waals surface area contributed by atoms with Crippen molar-refractivity contribution in [2.75, 3.05) is 27.7 Å². The van der Waals surface area contributed by atoms with Gasteiger partial charge in [-0.15, -0.1) is 11.3 Å². The maximum atomic E-state index is 12.5. The van der Waals surface area contributed by atoms with Crippen molar-refractivity contribution in [1.82, 2.24) is 9.80 Å². The molecule has 1 aromatic carbocycles. The largest absolute Gasteiger partial charge is 0.497 e. The highest BCUT2D eigenvalue weighted by Gasteiger charge is 2.21. The second kappa shape index (κ2) is 8.67. The third-order valence-electron chi connectivity index (χ3n) is 4.20. The third-order valence-corrected chi connectivity index (χ3v) is 5.05. The molecule has 2 aromatic rings. The Labute approximate surface area is 152 Å². The monoisotopic (exact) mass is 360 g/mol. The second-order valence-electron chi connectivity index (χ2n) is 6.04. The highest BCUT2D eigenvalue weighted by atomic mass is 32.1. The van der Waals surface area contributed by atoms with Crippen LogP contribution >= 0.6 is 11.3 Å². The predicted molar refractivity (Wildman–Crippen MR) is 100 cm³/mol. The molecule has 0 saturated carbocycles. The van der Waals surface area contributed by atoms with Crippen LogP contribution in [0.15, 0.2) is 41.8 Å². The predicted octanol–water partition coefficient (Wildman–Crippen LogP) is 2.92. The number of amides is 2. The van der Waals surface area contributed by atoms with Crippen molar-refractivity contribution in [3.05, 3.63) is 52.2 Å². The van der Waals surface area contributed by atoms with Crippen LogP contribution in [0.5, 0.6) is 5.75 Å². The zero-order valence-corrected chi connectivity index (χ0v) is 15.9. The fraction of sp³-hybridized carbons (Fsp3) is 0.368. The van der Waals surface area contributed by atoms with E-state index in [1.54, 1.807) is 32.2 Å². The summed E-state index contributed by atoms with van der Waals surface area (Å²) in [5.41, 5.74) is 1.14. The first-order valence-corrected chi connectivity index (χ1v) is 8.98. The molecule has 6 heteroatoms. The average molecular weight is 360 g/mol. The molecule has 134 valence electrons. The number of ether oxygens (including phenoxy) is 1. The molecule has 0 aliphatic heterocycles. The molecule has 1 atom stereocenters. The molecule has 0 aliphatic rings. The Morgan fingerprint density at radius 2 is 1.84 bits per heavy atom. The quantitative estimate of drug-likeness (QED) is 0.763. The summed E-state index contributed by atoms with van der Waals surface area (Å²) in [5, 5.41) is 1.85. The zero-order valence-electron chi connectivity index (χ0n) is 15.1. The van der Waals surface area contributed by atoms with Crippen molar-refractivity contribution >= 4 is 23.2 Å². The summed E-state index contributed by atoms with van der Waals surface area (Å²) < 4.78 is 5.16. The van der Waals surface area contributed by atoms with Gasteiger partial charge < -0.3 is 14.5 Å². The van der Waals surface area contributed by atoms with Gasteiger partial charge in [0.1, 0.15) is 5.75 Å². The van der Waals surface area contributed by atoms with Crippen LogP contribution in [0.4, 0.5) is 0 Å². The first kappa shape index (κ1) is 19.0. The number of likely N-dealkylation sites (N-methyl/N-ethyl adjacent to an activating group) is 2. The van der Waals surface area contributed by atoms with Crippen molar-refractivity contribution in [3.63, 3.8) is 0 Å². The Balaban J connectivity index is 1.90. The van der Waals surface area contributed by atoms with Gasteiger partial charge in [0.05, 0.1) is 18.5 Å². The molecular formula is C19H24N2O3S. The SMILES string of the molecule is COc1ccc(CC(C)N(C)C(=O)CN(C)C(=O)c2cccs2)cc1. The molecule has 1 unspecified atom stereocenters. The lowest BCUT2D eigenvalue weighted by Crippen LogP contribution is -2.43. The fourth-order valence-corrected chi connectivity index (χ4v) is 3.18. The summed E-state index contributed by atoms with van der Waals surface area (Å²) >= 11 is 1.38. The molecule has 0 aliphatic carbocycles. The van der Waals surface area contributed by atoms with Gasteiger partial charge in [-0.2, -0.15) is 0 Å². The standard InChI is InChI=1S/C19H24N2O3S/c1-14(12-15-7-9-16(24-4)10-8-15)21(3)18(22)13-20(2)19(23)17-6-5-11-25-17/h5-11,14H,12-13H2,1-4H3. The molecule has 0 bridgehead atoms. The van der Waals surface area contributed by atoms with Gasteiger partial charge in [-0.3, -0.25) is 9.59 Å². The number of thiophene rings is 1. The lowest BCUT2D eigenvalue weighted by molar-refractivity contribution is -0.132. The van der Waals surface area contributed by atoms with E-state index in [4.69, 9.17) is 4.74 Å². The number of benzene rings is 1. The summed E-state index contributed by atoms with van der Waals surface area (Å²) in [6, 6.07) is 11.5. The minimum absolute atomic E-state index is 0.0335. The number of nitrogens with zero attached hydrogens (tertiary/aromatic N) is 2. The van der Waals surface area contributed by atoms with Crippen molar-refractivity contribution in [2.24, 2.45) is 0 Å². The van der Waals surface area contributed by atoms with Crippen LogP contribution in [0.1, 0.15) is 22.2 Å². The highest BCUT2D eigenvalue weighted by molar-refractivity contribution is 7.12. The van der Waals surface area contributed by atoms with Gasteiger partial charge in [0, 0.05) is 20.1 Å². The van der Waals surface area contributed by atoms with Gasteiger partial charge in [-0.25, -0.2) is 0 Å². The summed E-state index contributed by atoms with van der Waals surface area (Å²) in [6.07, 6.45) is 0.745. The molecule has 25 heavy (non-hydrogen) atoms. The average Bonchev–Trinajstić information content (AvgIpc) is 3.15. The minimum Gasteiger partial charge on any atom is -0.497 e. The molecular weight excluding hydrogens is 336 g/mol. The van der Waals surface area contributed by atoms with Crippen molar-refractivity contribution in [2.45, 2.75) is 19.4 Å². The number of rotatable bonds is 7. The van der Waals surface area contributed by atoms with Crippen molar-refractivity contribution in [3.8, 4) is 5.75 Å². The first-order valence-electron chi connectivity index (χ1n) is 8.10. The normalized spacial score (nSPS) is 11.7. The molecule has 0 spiro atoms. The minimum atomic E-state index is -0.125. The molecule has 1 heterocycles. The number of hydrogen-bond donors (Lipinski definition) is 0. The Morgan fingerprint density at radius 3 is 2.40 bits per heavy atom. The van der Waals surface area contributed by atoms with Crippen LogP contribution in [-0.2, 0) is 11.2 Å². The molecule has 1 aromatic heterocycles. The summed E-state index contributed by atoms with van der Waals surface area (Å²) in [5.74, 6) is 0.613. The molecule has 0 saturated heterocycles. The highest BCUT2D eigenvalue weighted by Crippen LogP contribution is 2.15. The summed E-state index contributed by atoms with van der Waals surface area (Å²) in [7, 11) is 5.07. The van der Waals surface area contributed by atoms with Gasteiger partial charge in [0.25, 0.3) is 5.91 Å². The number of carbonyl (C=O) groups is 2. The number of methoxy groups -OCH3 is 1. The second-order valence-corrected chi connectivity index (χ2v) is 6.99. The Kier molecular flexibility index (Phi) is 6.58. The van der Waals surface area contributed by atoms with Crippen LogP contribution in [0, 0.1) is 0 Å². The summed E-state index contributed by atoms with van der Waals surface area (Å²) in [6.45, 7) is 2.07. The Bertz CT molecular complexity index is 698. The third kappa shape index (κ3) is 5.06. The fourth-order valence-electron chi connectivity index (χ4n) is 2.46. The van der Waals surface area contributed by atoms with E-state index < -0.39 is 0 Å². The zero-order chi connectivity index (χ0) is 18.4. The number of hydrogen-bond acceptors (Lipinski definition) is 4. The number of carbonyl (C=O) groups excluding carboxylic acids is 2. The van der Waals surface area contributed by atoms with Gasteiger partial charge in [0.2, 0.25) is 5.91 Å². The molecule has 0 fully saturated rings. The molecule has 5 nitrogen and oxygen atoms in total. The first-order chi connectivity index (χ1) is 11.9. The molecule has 0 radical (unpaired) electrons. The lowest BCUT2D eigenvalue weighted by Gasteiger charge is -2.27. The Hall–Kier alpha value is -2.34. The Morgan fingerprint density at radius 1 is 1.16 bits per heavy atom. The van der Waals surface area contributed by atoms with E-state index in [9.17, 15) is 9.59 Å². The van der Waals surface area contributed by atoms with Crippen LogP contribution in [0.2, 0.25) is 0 Å². The maximum absolute atomic E-state index is 12.5. The summed E-state index contributed by atoms with van der Waals surface area (Å²) in [4.78, 5) is 28.5.